The van der Waals surface area contributed by atoms with Crippen LogP contribution in [0.1, 0.15) is 23.3 Å². The molecule has 0 amide bonds. The second-order valence-corrected chi connectivity index (χ2v) is 4.03. The number of rotatable bonds is 5. The summed E-state index contributed by atoms with van der Waals surface area (Å²) in [7, 11) is 0. The van der Waals surface area contributed by atoms with Crippen molar-refractivity contribution < 1.29 is 9.90 Å². The van der Waals surface area contributed by atoms with E-state index in [4.69, 9.17) is 5.11 Å². The zero-order valence-corrected chi connectivity index (χ0v) is 9.59. The van der Waals surface area contributed by atoms with Crippen LogP contribution in [0.4, 0.5) is 5.82 Å². The average molecular weight is 236 g/mol. The standard InChI is InChI=1S/C11H16N4O2/c16-11(17)9-10(13-4-3-12-9)14-5-8-15-6-1-2-7-15/h3-4H,1-2,5-8H2,(H,13,14)(H,16,17). The van der Waals surface area contributed by atoms with Gasteiger partial charge in [0.1, 0.15) is 0 Å². The summed E-state index contributed by atoms with van der Waals surface area (Å²) < 4.78 is 0. The number of anilines is 1. The van der Waals surface area contributed by atoms with E-state index in [0.29, 0.717) is 12.4 Å². The molecule has 17 heavy (non-hydrogen) atoms. The number of hydrogen-bond donors (Lipinski definition) is 2. The molecule has 1 aromatic rings. The summed E-state index contributed by atoms with van der Waals surface area (Å²) in [4.78, 5) is 21.0. The highest BCUT2D eigenvalue weighted by Crippen LogP contribution is 2.09. The first-order chi connectivity index (χ1) is 8.27. The van der Waals surface area contributed by atoms with E-state index in [2.05, 4.69) is 20.2 Å². The lowest BCUT2D eigenvalue weighted by atomic mass is 10.4. The lowest BCUT2D eigenvalue weighted by molar-refractivity contribution is 0.0691. The van der Waals surface area contributed by atoms with E-state index >= 15 is 0 Å². The molecule has 6 nitrogen and oxygen atoms in total. The summed E-state index contributed by atoms with van der Waals surface area (Å²) in [6, 6.07) is 0. The molecule has 2 rings (SSSR count). The predicted molar refractivity (Wildman–Crippen MR) is 63.2 cm³/mol. The van der Waals surface area contributed by atoms with E-state index < -0.39 is 5.97 Å². The van der Waals surface area contributed by atoms with Crippen molar-refractivity contribution >= 4 is 11.8 Å². The maximum Gasteiger partial charge on any atom is 0.358 e. The van der Waals surface area contributed by atoms with Crippen molar-refractivity contribution in [3.63, 3.8) is 0 Å². The van der Waals surface area contributed by atoms with Crippen LogP contribution in [0.15, 0.2) is 12.4 Å². The third-order valence-electron chi connectivity index (χ3n) is 2.82. The number of likely N-dealkylation sites (tertiary alicyclic amines) is 1. The minimum absolute atomic E-state index is 0.0195. The highest BCUT2D eigenvalue weighted by Gasteiger charge is 2.13. The largest absolute Gasteiger partial charge is 0.476 e. The van der Waals surface area contributed by atoms with Gasteiger partial charge in [0.05, 0.1) is 0 Å². The second-order valence-electron chi connectivity index (χ2n) is 4.03. The molecule has 1 aromatic heterocycles. The Hall–Kier alpha value is -1.69. The van der Waals surface area contributed by atoms with Gasteiger partial charge in [0.2, 0.25) is 0 Å². The lowest BCUT2D eigenvalue weighted by Crippen LogP contribution is -2.26. The first-order valence-electron chi connectivity index (χ1n) is 5.78. The molecular weight excluding hydrogens is 220 g/mol. The first-order valence-corrected chi connectivity index (χ1v) is 5.78. The van der Waals surface area contributed by atoms with Crippen LogP contribution in [0.3, 0.4) is 0 Å². The lowest BCUT2D eigenvalue weighted by Gasteiger charge is -2.15. The van der Waals surface area contributed by atoms with Crippen molar-refractivity contribution in [1.29, 1.82) is 0 Å². The number of aromatic nitrogens is 2. The third-order valence-corrected chi connectivity index (χ3v) is 2.82. The van der Waals surface area contributed by atoms with E-state index in [0.717, 1.165) is 19.6 Å². The molecule has 1 aliphatic rings. The Kier molecular flexibility index (Phi) is 3.87. The van der Waals surface area contributed by atoms with Gasteiger partial charge in [-0.1, -0.05) is 0 Å². The molecule has 0 aromatic carbocycles. The summed E-state index contributed by atoms with van der Waals surface area (Å²) in [5.74, 6) is -0.707. The number of carboxylic acids is 1. The van der Waals surface area contributed by atoms with Crippen LogP contribution in [-0.2, 0) is 0 Å². The van der Waals surface area contributed by atoms with Crippen LogP contribution in [0.25, 0.3) is 0 Å². The van der Waals surface area contributed by atoms with Gasteiger partial charge >= 0.3 is 5.97 Å². The van der Waals surface area contributed by atoms with Crippen molar-refractivity contribution in [1.82, 2.24) is 14.9 Å². The van der Waals surface area contributed by atoms with Crippen molar-refractivity contribution in [2.45, 2.75) is 12.8 Å². The van der Waals surface area contributed by atoms with Crippen LogP contribution in [0.2, 0.25) is 0 Å². The van der Waals surface area contributed by atoms with Crippen molar-refractivity contribution in [3.05, 3.63) is 18.1 Å². The summed E-state index contributed by atoms with van der Waals surface area (Å²) in [6.07, 6.45) is 5.39. The number of carbonyl (C=O) groups is 1. The van der Waals surface area contributed by atoms with E-state index in [-0.39, 0.29) is 5.69 Å². The van der Waals surface area contributed by atoms with Gasteiger partial charge in [0.15, 0.2) is 11.5 Å². The Morgan fingerprint density at radius 3 is 2.76 bits per heavy atom. The van der Waals surface area contributed by atoms with E-state index in [1.54, 1.807) is 0 Å². The molecule has 0 unspecified atom stereocenters. The Bertz CT molecular complexity index is 391. The smallest absolute Gasteiger partial charge is 0.358 e. The van der Waals surface area contributed by atoms with Gasteiger partial charge in [0.25, 0.3) is 0 Å². The van der Waals surface area contributed by atoms with Gasteiger partial charge in [-0.3, -0.25) is 0 Å². The Balaban J connectivity index is 1.87. The molecule has 2 N–H and O–H groups in total. The molecule has 1 saturated heterocycles. The normalized spacial score (nSPS) is 16.0. The van der Waals surface area contributed by atoms with Crippen LogP contribution in [0, 0.1) is 0 Å². The van der Waals surface area contributed by atoms with Gasteiger partial charge in [-0.15, -0.1) is 0 Å². The third kappa shape index (κ3) is 3.13. The van der Waals surface area contributed by atoms with Gasteiger partial charge in [0, 0.05) is 25.5 Å². The SMILES string of the molecule is O=C(O)c1nccnc1NCCN1CCCC1. The van der Waals surface area contributed by atoms with Gasteiger partial charge in [-0.05, 0) is 25.9 Å². The molecule has 0 radical (unpaired) electrons. The molecule has 1 aliphatic heterocycles. The summed E-state index contributed by atoms with van der Waals surface area (Å²) >= 11 is 0. The monoisotopic (exact) mass is 236 g/mol. The number of nitrogens with one attached hydrogen (secondary N) is 1. The van der Waals surface area contributed by atoms with Crippen LogP contribution >= 0.6 is 0 Å². The molecule has 92 valence electrons. The highest BCUT2D eigenvalue weighted by molar-refractivity contribution is 5.90. The number of hydrogen-bond acceptors (Lipinski definition) is 5. The number of nitrogens with zero attached hydrogens (tertiary/aromatic N) is 3. The molecule has 2 heterocycles. The zero-order valence-electron chi connectivity index (χ0n) is 9.59. The molecule has 0 atom stereocenters. The minimum atomic E-state index is -1.05. The Labute approximate surface area is 99.7 Å². The van der Waals surface area contributed by atoms with E-state index in [1.165, 1.54) is 25.2 Å². The quantitative estimate of drug-likeness (QED) is 0.783. The Morgan fingerprint density at radius 2 is 2.06 bits per heavy atom. The fraction of sp³-hybridized carbons (Fsp3) is 0.545. The number of aromatic carboxylic acids is 1. The highest BCUT2D eigenvalue weighted by atomic mass is 16.4. The maximum absolute atomic E-state index is 10.9. The van der Waals surface area contributed by atoms with Gasteiger partial charge in [-0.2, -0.15) is 0 Å². The van der Waals surface area contributed by atoms with Crippen LogP contribution in [-0.4, -0.2) is 52.1 Å². The summed E-state index contributed by atoms with van der Waals surface area (Å²) in [5, 5.41) is 11.9. The zero-order chi connectivity index (χ0) is 12.1. The van der Waals surface area contributed by atoms with E-state index in [1.807, 2.05) is 0 Å². The summed E-state index contributed by atoms with van der Waals surface area (Å²) in [5.41, 5.74) is -0.0195. The number of carboxylic acid groups (broad SMARTS) is 1. The van der Waals surface area contributed by atoms with Crippen LogP contribution < -0.4 is 5.32 Å². The van der Waals surface area contributed by atoms with Gasteiger partial charge < -0.3 is 15.3 Å². The average Bonchev–Trinajstić information content (AvgIpc) is 2.82. The first kappa shape index (κ1) is 11.8. The predicted octanol–water partition coefficient (Wildman–Crippen LogP) is 0.682. The molecule has 0 spiro atoms. The summed E-state index contributed by atoms with van der Waals surface area (Å²) in [6.45, 7) is 3.87. The van der Waals surface area contributed by atoms with Crippen molar-refractivity contribution in [3.8, 4) is 0 Å². The van der Waals surface area contributed by atoms with Crippen molar-refractivity contribution in [2.75, 3.05) is 31.5 Å². The molecular formula is C11H16N4O2. The Morgan fingerprint density at radius 1 is 1.35 bits per heavy atom. The molecule has 1 fully saturated rings. The van der Waals surface area contributed by atoms with Crippen molar-refractivity contribution in [2.24, 2.45) is 0 Å². The van der Waals surface area contributed by atoms with E-state index in [9.17, 15) is 4.79 Å². The maximum atomic E-state index is 10.9. The molecule has 0 saturated carbocycles. The minimum Gasteiger partial charge on any atom is -0.476 e. The fourth-order valence-electron chi connectivity index (χ4n) is 1.96. The molecule has 0 aliphatic carbocycles. The second kappa shape index (κ2) is 5.58. The topological polar surface area (TPSA) is 78.3 Å². The molecule has 6 heteroatoms. The molecule has 0 bridgehead atoms. The van der Waals surface area contributed by atoms with Crippen LogP contribution in [0.5, 0.6) is 0 Å². The fourth-order valence-corrected chi connectivity index (χ4v) is 1.96. The van der Waals surface area contributed by atoms with Gasteiger partial charge in [-0.25, -0.2) is 14.8 Å².